The number of anilines is 1. The second-order valence-corrected chi connectivity index (χ2v) is 4.65. The van der Waals surface area contributed by atoms with Crippen molar-refractivity contribution in [1.82, 2.24) is 4.90 Å². The molecule has 1 rings (SSSR count). The first-order chi connectivity index (χ1) is 8.58. The predicted molar refractivity (Wildman–Crippen MR) is 72.6 cm³/mol. The minimum absolute atomic E-state index is 0.171. The van der Waals surface area contributed by atoms with Crippen LogP contribution in [0.3, 0.4) is 0 Å². The quantitative estimate of drug-likeness (QED) is 0.652. The zero-order valence-corrected chi connectivity index (χ0v) is 11.1. The summed E-state index contributed by atoms with van der Waals surface area (Å²) in [5, 5.41) is 4.90. The van der Waals surface area contributed by atoms with Gasteiger partial charge in [0.15, 0.2) is 0 Å². The molecule has 1 aromatic rings. The van der Waals surface area contributed by atoms with Crippen molar-refractivity contribution in [1.29, 1.82) is 0 Å². The Kier molecular flexibility index (Phi) is 5.76. The van der Waals surface area contributed by atoms with Gasteiger partial charge >= 0.3 is 0 Å². The van der Waals surface area contributed by atoms with Gasteiger partial charge in [0.25, 0.3) is 5.91 Å². The summed E-state index contributed by atoms with van der Waals surface area (Å²) in [6.45, 7) is 4.13. The highest BCUT2D eigenvalue weighted by atomic mass is 32.1. The van der Waals surface area contributed by atoms with Crippen molar-refractivity contribution in [3.8, 4) is 0 Å². The Morgan fingerprint density at radius 1 is 1.50 bits per heavy atom. The molecule has 0 aromatic carbocycles. The number of amides is 2. The average molecular weight is 270 g/mol. The SMILES string of the molecule is CCN(CCN)CC(=O)Nc1sccc1C(N)=O. The molecule has 7 heteroatoms. The van der Waals surface area contributed by atoms with Crippen LogP contribution in [0.1, 0.15) is 17.3 Å². The standard InChI is InChI=1S/C11H18N4O2S/c1-2-15(5-4-12)7-9(16)14-11-8(10(13)17)3-6-18-11/h3,6H,2,4-5,7,12H2,1H3,(H2,13,17)(H,14,16). The molecule has 0 radical (unpaired) electrons. The van der Waals surface area contributed by atoms with Crippen molar-refractivity contribution < 1.29 is 9.59 Å². The van der Waals surface area contributed by atoms with Gasteiger partial charge < -0.3 is 16.8 Å². The molecule has 1 aromatic heterocycles. The fraction of sp³-hybridized carbons (Fsp3) is 0.455. The summed E-state index contributed by atoms with van der Waals surface area (Å²) in [5.41, 5.74) is 11.0. The number of carbonyl (C=O) groups excluding carboxylic acids is 2. The third-order valence-corrected chi connectivity index (χ3v) is 3.27. The van der Waals surface area contributed by atoms with E-state index in [1.807, 2.05) is 11.8 Å². The Hall–Kier alpha value is -1.44. The normalized spacial score (nSPS) is 10.6. The van der Waals surface area contributed by atoms with Crippen molar-refractivity contribution in [3.63, 3.8) is 0 Å². The van der Waals surface area contributed by atoms with Crippen LogP contribution in [-0.2, 0) is 4.79 Å². The lowest BCUT2D eigenvalue weighted by Crippen LogP contribution is -2.36. The molecule has 2 amide bonds. The Balaban J connectivity index is 2.58. The van der Waals surface area contributed by atoms with Gasteiger partial charge in [0.1, 0.15) is 5.00 Å². The molecular weight excluding hydrogens is 252 g/mol. The summed E-state index contributed by atoms with van der Waals surface area (Å²) < 4.78 is 0. The maximum atomic E-state index is 11.8. The van der Waals surface area contributed by atoms with Crippen LogP contribution in [-0.4, -0.2) is 42.9 Å². The smallest absolute Gasteiger partial charge is 0.251 e. The molecule has 1 heterocycles. The number of primary amides is 1. The molecule has 0 bridgehead atoms. The van der Waals surface area contributed by atoms with Crippen LogP contribution < -0.4 is 16.8 Å². The van der Waals surface area contributed by atoms with E-state index in [9.17, 15) is 9.59 Å². The lowest BCUT2D eigenvalue weighted by atomic mass is 10.3. The van der Waals surface area contributed by atoms with Crippen molar-refractivity contribution >= 4 is 28.2 Å². The van der Waals surface area contributed by atoms with Crippen LogP contribution in [0.25, 0.3) is 0 Å². The molecular formula is C11H18N4O2S. The number of nitrogens with zero attached hydrogens (tertiary/aromatic N) is 1. The molecule has 0 aliphatic carbocycles. The van der Waals surface area contributed by atoms with Crippen LogP contribution >= 0.6 is 11.3 Å². The molecule has 0 fully saturated rings. The van der Waals surface area contributed by atoms with Gasteiger partial charge in [-0.25, -0.2) is 0 Å². The van der Waals surface area contributed by atoms with E-state index in [1.165, 1.54) is 11.3 Å². The highest BCUT2D eigenvalue weighted by Gasteiger charge is 2.14. The Morgan fingerprint density at radius 2 is 2.22 bits per heavy atom. The predicted octanol–water partition coefficient (Wildman–Crippen LogP) is 0.0661. The van der Waals surface area contributed by atoms with Gasteiger partial charge in [-0.2, -0.15) is 0 Å². The topological polar surface area (TPSA) is 101 Å². The summed E-state index contributed by atoms with van der Waals surface area (Å²) in [6.07, 6.45) is 0. The highest BCUT2D eigenvalue weighted by molar-refractivity contribution is 7.14. The molecule has 0 unspecified atom stereocenters. The minimum atomic E-state index is -0.541. The fourth-order valence-corrected chi connectivity index (χ4v) is 2.31. The summed E-state index contributed by atoms with van der Waals surface area (Å²) in [4.78, 5) is 24.8. The van der Waals surface area contributed by atoms with Gasteiger partial charge in [-0.3, -0.25) is 14.5 Å². The van der Waals surface area contributed by atoms with Crippen molar-refractivity contribution in [3.05, 3.63) is 17.0 Å². The summed E-state index contributed by atoms with van der Waals surface area (Å²) in [6, 6.07) is 1.60. The molecule has 100 valence electrons. The molecule has 0 spiro atoms. The first-order valence-corrected chi connectivity index (χ1v) is 6.56. The van der Waals surface area contributed by atoms with E-state index < -0.39 is 5.91 Å². The molecule has 6 nitrogen and oxygen atoms in total. The molecule has 18 heavy (non-hydrogen) atoms. The number of hydrogen-bond acceptors (Lipinski definition) is 5. The first kappa shape index (κ1) is 14.6. The molecule has 0 aliphatic heterocycles. The molecule has 0 saturated heterocycles. The second kappa shape index (κ2) is 7.10. The Morgan fingerprint density at radius 3 is 2.78 bits per heavy atom. The number of rotatable bonds is 7. The number of thiophene rings is 1. The van der Waals surface area contributed by atoms with Crippen LogP contribution in [0.4, 0.5) is 5.00 Å². The van der Waals surface area contributed by atoms with Crippen LogP contribution in [0.15, 0.2) is 11.4 Å². The molecule has 5 N–H and O–H groups in total. The Bertz CT molecular complexity index is 419. The third-order valence-electron chi connectivity index (χ3n) is 2.44. The van der Waals surface area contributed by atoms with Gasteiger partial charge in [-0.05, 0) is 18.0 Å². The number of likely N-dealkylation sites (N-methyl/N-ethyl adjacent to an activating group) is 1. The molecule has 0 atom stereocenters. The van der Waals surface area contributed by atoms with Crippen molar-refractivity contribution in [2.24, 2.45) is 11.5 Å². The monoisotopic (exact) mass is 270 g/mol. The largest absolute Gasteiger partial charge is 0.366 e. The van der Waals surface area contributed by atoms with Crippen LogP contribution in [0.5, 0.6) is 0 Å². The van der Waals surface area contributed by atoms with Gasteiger partial charge in [-0.15, -0.1) is 11.3 Å². The fourth-order valence-electron chi connectivity index (χ4n) is 1.50. The number of hydrogen-bond donors (Lipinski definition) is 3. The van der Waals surface area contributed by atoms with Gasteiger partial charge in [0, 0.05) is 13.1 Å². The lowest BCUT2D eigenvalue weighted by molar-refractivity contribution is -0.117. The molecule has 0 aliphatic rings. The van der Waals surface area contributed by atoms with Gasteiger partial charge in [0.05, 0.1) is 12.1 Å². The van der Waals surface area contributed by atoms with E-state index in [-0.39, 0.29) is 12.5 Å². The van der Waals surface area contributed by atoms with Crippen molar-refractivity contribution in [2.75, 3.05) is 31.5 Å². The van der Waals surface area contributed by atoms with E-state index in [0.717, 1.165) is 6.54 Å². The second-order valence-electron chi connectivity index (χ2n) is 3.73. The summed E-state index contributed by atoms with van der Waals surface area (Å²) >= 11 is 1.28. The maximum Gasteiger partial charge on any atom is 0.251 e. The van der Waals surface area contributed by atoms with Crippen molar-refractivity contribution in [2.45, 2.75) is 6.92 Å². The zero-order valence-electron chi connectivity index (χ0n) is 10.3. The third kappa shape index (κ3) is 4.10. The van der Waals surface area contributed by atoms with E-state index in [1.54, 1.807) is 11.4 Å². The van der Waals surface area contributed by atoms with E-state index in [4.69, 9.17) is 11.5 Å². The van der Waals surface area contributed by atoms with Crippen LogP contribution in [0, 0.1) is 0 Å². The highest BCUT2D eigenvalue weighted by Crippen LogP contribution is 2.22. The van der Waals surface area contributed by atoms with E-state index in [0.29, 0.717) is 23.7 Å². The summed E-state index contributed by atoms with van der Waals surface area (Å²) in [5.74, 6) is -0.712. The Labute approximate surface area is 110 Å². The number of carbonyl (C=O) groups is 2. The summed E-state index contributed by atoms with van der Waals surface area (Å²) in [7, 11) is 0. The van der Waals surface area contributed by atoms with E-state index >= 15 is 0 Å². The lowest BCUT2D eigenvalue weighted by Gasteiger charge is -2.18. The molecule has 0 saturated carbocycles. The number of nitrogens with two attached hydrogens (primary N) is 2. The van der Waals surface area contributed by atoms with Gasteiger partial charge in [-0.1, -0.05) is 6.92 Å². The number of nitrogens with one attached hydrogen (secondary N) is 1. The maximum absolute atomic E-state index is 11.8. The zero-order chi connectivity index (χ0) is 13.5. The minimum Gasteiger partial charge on any atom is -0.366 e. The van der Waals surface area contributed by atoms with E-state index in [2.05, 4.69) is 5.32 Å². The first-order valence-electron chi connectivity index (χ1n) is 5.68. The van der Waals surface area contributed by atoms with Crippen LogP contribution in [0.2, 0.25) is 0 Å². The average Bonchev–Trinajstić information content (AvgIpc) is 2.76. The van der Waals surface area contributed by atoms with Gasteiger partial charge in [0.2, 0.25) is 5.91 Å².